The zero-order valence-corrected chi connectivity index (χ0v) is 13.8. The molecule has 0 amide bonds. The molecule has 6 nitrogen and oxygen atoms in total. The van der Waals surface area contributed by atoms with Gasteiger partial charge in [0.05, 0.1) is 12.7 Å². The number of ether oxygens (including phenoxy) is 3. The number of piperazine rings is 1. The van der Waals surface area contributed by atoms with Crippen LogP contribution in [0.2, 0.25) is 0 Å². The maximum atomic E-state index is 9.94. The third-order valence-corrected chi connectivity index (χ3v) is 4.27. The molecule has 3 rings (SSSR count). The molecule has 24 heavy (non-hydrogen) atoms. The van der Waals surface area contributed by atoms with E-state index in [-0.39, 0.29) is 6.61 Å². The molecule has 0 bridgehead atoms. The quantitative estimate of drug-likeness (QED) is 0.581. The van der Waals surface area contributed by atoms with Crippen molar-refractivity contribution >= 4 is 0 Å². The fourth-order valence-corrected chi connectivity index (χ4v) is 3.03. The third kappa shape index (κ3) is 4.62. The second-order valence-corrected chi connectivity index (χ2v) is 6.14. The summed E-state index contributed by atoms with van der Waals surface area (Å²) in [5.41, 5.74) is 1.23. The molecular formula is C18H24N2O4. The molecule has 1 fully saturated rings. The average Bonchev–Trinajstić information content (AvgIpc) is 3.05. The molecule has 0 aromatic heterocycles. The Morgan fingerprint density at radius 2 is 1.92 bits per heavy atom. The topological polar surface area (TPSA) is 54.4 Å². The van der Waals surface area contributed by atoms with E-state index in [0.29, 0.717) is 19.9 Å². The van der Waals surface area contributed by atoms with Crippen LogP contribution in [0, 0.1) is 12.3 Å². The number of hydrogen-bond donors (Lipinski definition) is 1. The monoisotopic (exact) mass is 332 g/mol. The van der Waals surface area contributed by atoms with Gasteiger partial charge in [-0.05, 0) is 17.7 Å². The molecule has 1 atom stereocenters. The van der Waals surface area contributed by atoms with Crippen LogP contribution in [0.4, 0.5) is 0 Å². The van der Waals surface area contributed by atoms with E-state index >= 15 is 0 Å². The van der Waals surface area contributed by atoms with Crippen molar-refractivity contribution in [3.8, 4) is 23.8 Å². The molecule has 0 spiro atoms. The number of benzene rings is 1. The molecule has 1 aromatic rings. The Morgan fingerprint density at radius 3 is 2.71 bits per heavy atom. The van der Waals surface area contributed by atoms with Gasteiger partial charge in [-0.25, -0.2) is 0 Å². The van der Waals surface area contributed by atoms with Gasteiger partial charge in [0.25, 0.3) is 0 Å². The van der Waals surface area contributed by atoms with Crippen molar-refractivity contribution < 1.29 is 19.3 Å². The van der Waals surface area contributed by atoms with E-state index in [9.17, 15) is 5.11 Å². The lowest BCUT2D eigenvalue weighted by Crippen LogP contribution is -2.48. The highest BCUT2D eigenvalue weighted by Crippen LogP contribution is 2.32. The fourth-order valence-electron chi connectivity index (χ4n) is 3.03. The lowest BCUT2D eigenvalue weighted by atomic mass is 10.1. The standard InChI is InChI=1S/C18H24N2O4/c1-2-9-22-13-16(21)12-20-7-5-19(6-8-20)11-15-3-4-17-18(10-15)24-14-23-17/h1,3-4,10,16,21H,5-9,11-14H2/t16-/m0/s1. The lowest BCUT2D eigenvalue weighted by molar-refractivity contribution is 0.0154. The van der Waals surface area contributed by atoms with Crippen LogP contribution in [0.1, 0.15) is 5.56 Å². The summed E-state index contributed by atoms with van der Waals surface area (Å²) in [5, 5.41) is 9.94. The number of terminal acetylenes is 1. The normalized spacial score (nSPS) is 19.2. The average molecular weight is 332 g/mol. The maximum Gasteiger partial charge on any atom is 0.231 e. The number of nitrogens with zero attached hydrogens (tertiary/aromatic N) is 2. The Morgan fingerprint density at radius 1 is 1.17 bits per heavy atom. The fraction of sp³-hybridized carbons (Fsp3) is 0.556. The second kappa shape index (κ2) is 8.36. The summed E-state index contributed by atoms with van der Waals surface area (Å²) in [5.74, 6) is 4.06. The summed E-state index contributed by atoms with van der Waals surface area (Å²) >= 11 is 0. The Hall–Kier alpha value is -1.78. The minimum absolute atomic E-state index is 0.250. The van der Waals surface area contributed by atoms with Crippen molar-refractivity contribution in [2.24, 2.45) is 0 Å². The van der Waals surface area contributed by atoms with Crippen molar-refractivity contribution in [2.75, 3.05) is 52.7 Å². The van der Waals surface area contributed by atoms with E-state index in [2.05, 4.69) is 27.9 Å². The van der Waals surface area contributed by atoms with Gasteiger partial charge in [-0.3, -0.25) is 9.80 Å². The minimum Gasteiger partial charge on any atom is -0.454 e. The van der Waals surface area contributed by atoms with Crippen molar-refractivity contribution in [3.63, 3.8) is 0 Å². The van der Waals surface area contributed by atoms with Crippen LogP contribution in [0.3, 0.4) is 0 Å². The molecule has 0 unspecified atom stereocenters. The predicted octanol–water partition coefficient (Wildman–Crippen LogP) is 0.544. The number of β-amino-alcohol motifs (C(OH)–C–C–N with tert-alkyl or cyclic N) is 1. The minimum atomic E-state index is -0.487. The van der Waals surface area contributed by atoms with Crippen LogP contribution in [0.25, 0.3) is 0 Å². The van der Waals surface area contributed by atoms with Crippen LogP contribution < -0.4 is 9.47 Å². The number of fused-ring (bicyclic) bond motifs is 1. The van der Waals surface area contributed by atoms with E-state index in [1.807, 2.05) is 6.07 Å². The Kier molecular flexibility index (Phi) is 5.94. The lowest BCUT2D eigenvalue weighted by Gasteiger charge is -2.35. The zero-order valence-electron chi connectivity index (χ0n) is 13.8. The van der Waals surface area contributed by atoms with Gasteiger partial charge in [-0.15, -0.1) is 6.42 Å². The molecule has 2 aliphatic rings. The van der Waals surface area contributed by atoms with Crippen LogP contribution in [-0.4, -0.2) is 73.7 Å². The number of aliphatic hydroxyl groups excluding tert-OH is 1. The third-order valence-electron chi connectivity index (χ3n) is 4.27. The Balaban J connectivity index is 1.40. The SMILES string of the molecule is C#CCOC[C@@H](O)CN1CCN(Cc2ccc3c(c2)OCO3)CC1. The van der Waals surface area contributed by atoms with Crippen LogP contribution in [0.5, 0.6) is 11.5 Å². The summed E-state index contributed by atoms with van der Waals surface area (Å²) in [7, 11) is 0. The first-order valence-electron chi connectivity index (χ1n) is 8.27. The molecule has 130 valence electrons. The number of rotatable bonds is 7. The number of hydrogen-bond acceptors (Lipinski definition) is 6. The highest BCUT2D eigenvalue weighted by atomic mass is 16.7. The Labute approximate surface area is 142 Å². The van der Waals surface area contributed by atoms with Gasteiger partial charge in [-0.2, -0.15) is 0 Å². The molecule has 0 radical (unpaired) electrons. The molecule has 6 heteroatoms. The highest BCUT2D eigenvalue weighted by molar-refractivity contribution is 5.44. The van der Waals surface area contributed by atoms with Gasteiger partial charge < -0.3 is 19.3 Å². The molecule has 2 heterocycles. The van der Waals surface area contributed by atoms with Crippen molar-refractivity contribution in [1.29, 1.82) is 0 Å². The molecular weight excluding hydrogens is 308 g/mol. The first kappa shape index (κ1) is 17.1. The summed E-state index contributed by atoms with van der Waals surface area (Å²) in [6, 6.07) is 6.12. The number of aliphatic hydroxyl groups is 1. The van der Waals surface area contributed by atoms with Gasteiger partial charge >= 0.3 is 0 Å². The van der Waals surface area contributed by atoms with Crippen LogP contribution in [0.15, 0.2) is 18.2 Å². The highest BCUT2D eigenvalue weighted by Gasteiger charge is 2.20. The molecule has 2 aliphatic heterocycles. The van der Waals surface area contributed by atoms with E-state index in [4.69, 9.17) is 20.6 Å². The van der Waals surface area contributed by atoms with Gasteiger partial charge in [0.15, 0.2) is 11.5 Å². The molecule has 1 N–H and O–H groups in total. The van der Waals surface area contributed by atoms with Crippen molar-refractivity contribution in [2.45, 2.75) is 12.6 Å². The second-order valence-electron chi connectivity index (χ2n) is 6.14. The van der Waals surface area contributed by atoms with Crippen LogP contribution >= 0.6 is 0 Å². The summed E-state index contributed by atoms with van der Waals surface area (Å²) < 4.78 is 15.9. The first-order valence-corrected chi connectivity index (χ1v) is 8.27. The van der Waals surface area contributed by atoms with E-state index < -0.39 is 6.10 Å². The van der Waals surface area contributed by atoms with Crippen molar-refractivity contribution in [1.82, 2.24) is 9.80 Å². The largest absolute Gasteiger partial charge is 0.454 e. The summed E-state index contributed by atoms with van der Waals surface area (Å²) in [6.07, 6.45) is 4.63. The van der Waals surface area contributed by atoms with E-state index in [0.717, 1.165) is 44.2 Å². The molecule has 0 saturated carbocycles. The molecule has 1 aromatic carbocycles. The zero-order chi connectivity index (χ0) is 16.8. The Bertz CT molecular complexity index is 579. The van der Waals surface area contributed by atoms with E-state index in [1.165, 1.54) is 5.56 Å². The van der Waals surface area contributed by atoms with Gasteiger partial charge in [0.2, 0.25) is 6.79 Å². The van der Waals surface area contributed by atoms with Crippen LogP contribution in [-0.2, 0) is 11.3 Å². The van der Waals surface area contributed by atoms with Gasteiger partial charge in [0, 0.05) is 39.3 Å². The van der Waals surface area contributed by atoms with E-state index in [1.54, 1.807) is 0 Å². The summed E-state index contributed by atoms with van der Waals surface area (Å²) in [4.78, 5) is 4.68. The predicted molar refractivity (Wildman–Crippen MR) is 89.9 cm³/mol. The van der Waals surface area contributed by atoms with Gasteiger partial charge in [-0.1, -0.05) is 12.0 Å². The van der Waals surface area contributed by atoms with Crippen molar-refractivity contribution in [3.05, 3.63) is 23.8 Å². The summed E-state index contributed by atoms with van der Waals surface area (Å²) in [6.45, 7) is 6.22. The maximum absolute atomic E-state index is 9.94. The first-order chi connectivity index (χ1) is 11.7. The van der Waals surface area contributed by atoms with Gasteiger partial charge in [0.1, 0.15) is 6.61 Å². The molecule has 0 aliphatic carbocycles. The molecule has 1 saturated heterocycles. The smallest absolute Gasteiger partial charge is 0.231 e.